The average molecular weight is 308 g/mol. The summed E-state index contributed by atoms with van der Waals surface area (Å²) < 4.78 is 18.7. The summed E-state index contributed by atoms with van der Waals surface area (Å²) >= 11 is 6.08. The molecule has 21 heavy (non-hydrogen) atoms. The van der Waals surface area contributed by atoms with Gasteiger partial charge in [-0.05, 0) is 48.4 Å². The molecular formula is C17H19ClFNO. The van der Waals surface area contributed by atoms with E-state index in [1.165, 1.54) is 6.07 Å². The Morgan fingerprint density at radius 1 is 1.19 bits per heavy atom. The third kappa shape index (κ3) is 3.55. The van der Waals surface area contributed by atoms with Crippen LogP contribution in [0.25, 0.3) is 0 Å². The number of aryl methyl sites for hydroxylation is 1. The van der Waals surface area contributed by atoms with Gasteiger partial charge < -0.3 is 10.1 Å². The van der Waals surface area contributed by atoms with Crippen LogP contribution in [0, 0.1) is 12.7 Å². The van der Waals surface area contributed by atoms with Crippen molar-refractivity contribution in [2.45, 2.75) is 19.9 Å². The van der Waals surface area contributed by atoms with E-state index in [-0.39, 0.29) is 11.9 Å². The highest BCUT2D eigenvalue weighted by atomic mass is 35.5. The Morgan fingerprint density at radius 3 is 2.48 bits per heavy atom. The van der Waals surface area contributed by atoms with Crippen molar-refractivity contribution in [3.05, 3.63) is 63.9 Å². The summed E-state index contributed by atoms with van der Waals surface area (Å²) in [6, 6.07) is 10.8. The minimum absolute atomic E-state index is 0.0273. The number of methoxy groups -OCH3 is 1. The van der Waals surface area contributed by atoms with Crippen molar-refractivity contribution in [1.29, 1.82) is 0 Å². The molecule has 2 aromatic carbocycles. The van der Waals surface area contributed by atoms with Crippen molar-refractivity contribution in [2.75, 3.05) is 13.7 Å². The molecule has 0 bridgehead atoms. The van der Waals surface area contributed by atoms with Crippen molar-refractivity contribution < 1.29 is 9.13 Å². The Morgan fingerprint density at radius 2 is 1.86 bits per heavy atom. The first-order chi connectivity index (χ1) is 10.1. The molecule has 2 rings (SSSR count). The second kappa shape index (κ2) is 6.92. The second-order valence-corrected chi connectivity index (χ2v) is 5.30. The Bertz CT molecular complexity index is 630. The molecule has 0 saturated heterocycles. The van der Waals surface area contributed by atoms with Crippen LogP contribution in [-0.4, -0.2) is 13.7 Å². The van der Waals surface area contributed by atoms with E-state index in [0.717, 1.165) is 17.7 Å². The zero-order valence-corrected chi connectivity index (χ0v) is 13.2. The molecule has 0 aliphatic carbocycles. The summed E-state index contributed by atoms with van der Waals surface area (Å²) in [6.07, 6.45) is 0. The van der Waals surface area contributed by atoms with Gasteiger partial charge >= 0.3 is 0 Å². The van der Waals surface area contributed by atoms with Gasteiger partial charge in [-0.15, -0.1) is 0 Å². The van der Waals surface area contributed by atoms with E-state index in [4.69, 9.17) is 16.3 Å². The SMILES string of the molecule is CCNC(c1ccc(F)c(C)c1)c1ccc(Cl)c(OC)c1. The molecule has 1 unspecified atom stereocenters. The Hall–Kier alpha value is -1.58. The Labute approximate surface area is 129 Å². The smallest absolute Gasteiger partial charge is 0.137 e. The summed E-state index contributed by atoms with van der Waals surface area (Å²) in [5, 5.41) is 3.99. The van der Waals surface area contributed by atoms with E-state index in [1.807, 2.05) is 31.2 Å². The molecule has 0 fully saturated rings. The van der Waals surface area contributed by atoms with E-state index in [9.17, 15) is 4.39 Å². The molecule has 0 amide bonds. The van der Waals surface area contributed by atoms with Crippen molar-refractivity contribution >= 4 is 11.6 Å². The molecule has 0 aliphatic heterocycles. The van der Waals surface area contributed by atoms with Gasteiger partial charge in [0.2, 0.25) is 0 Å². The van der Waals surface area contributed by atoms with Gasteiger partial charge in [0.1, 0.15) is 11.6 Å². The molecule has 112 valence electrons. The quantitative estimate of drug-likeness (QED) is 0.878. The second-order valence-electron chi connectivity index (χ2n) is 4.89. The third-order valence-electron chi connectivity index (χ3n) is 3.43. The van der Waals surface area contributed by atoms with E-state index >= 15 is 0 Å². The van der Waals surface area contributed by atoms with Gasteiger partial charge in [-0.25, -0.2) is 4.39 Å². The van der Waals surface area contributed by atoms with E-state index in [1.54, 1.807) is 20.1 Å². The highest BCUT2D eigenvalue weighted by molar-refractivity contribution is 6.32. The standard InChI is InChI=1S/C17H19ClFNO/c1-4-20-17(12-6-8-15(19)11(2)9-12)13-5-7-14(18)16(10-13)21-3/h5-10,17,20H,4H2,1-3H3. The lowest BCUT2D eigenvalue weighted by molar-refractivity contribution is 0.414. The molecule has 0 aliphatic rings. The number of halogens is 2. The van der Waals surface area contributed by atoms with Crippen LogP contribution in [0.15, 0.2) is 36.4 Å². The molecular weight excluding hydrogens is 289 g/mol. The average Bonchev–Trinajstić information content (AvgIpc) is 2.48. The number of ether oxygens (including phenoxy) is 1. The van der Waals surface area contributed by atoms with Crippen LogP contribution in [0.1, 0.15) is 29.7 Å². The van der Waals surface area contributed by atoms with Gasteiger partial charge in [-0.3, -0.25) is 0 Å². The number of hydrogen-bond acceptors (Lipinski definition) is 2. The van der Waals surface area contributed by atoms with Crippen molar-refractivity contribution in [3.63, 3.8) is 0 Å². The zero-order chi connectivity index (χ0) is 15.4. The molecule has 0 saturated carbocycles. The van der Waals surface area contributed by atoms with Crippen LogP contribution in [-0.2, 0) is 0 Å². The number of benzene rings is 2. The Balaban J connectivity index is 2.44. The Kier molecular flexibility index (Phi) is 5.21. The molecule has 2 aromatic rings. The van der Waals surface area contributed by atoms with Crippen LogP contribution < -0.4 is 10.1 Å². The lowest BCUT2D eigenvalue weighted by atomic mass is 9.97. The molecule has 4 heteroatoms. The monoisotopic (exact) mass is 307 g/mol. The fourth-order valence-electron chi connectivity index (χ4n) is 2.34. The molecule has 2 nitrogen and oxygen atoms in total. The number of nitrogens with one attached hydrogen (secondary N) is 1. The van der Waals surface area contributed by atoms with E-state index < -0.39 is 0 Å². The maximum atomic E-state index is 13.5. The van der Waals surface area contributed by atoms with Crippen LogP contribution in [0.5, 0.6) is 5.75 Å². The van der Waals surface area contributed by atoms with Crippen LogP contribution in [0.4, 0.5) is 4.39 Å². The lowest BCUT2D eigenvalue weighted by Gasteiger charge is -2.20. The summed E-state index contributed by atoms with van der Waals surface area (Å²) in [5.41, 5.74) is 2.68. The first kappa shape index (κ1) is 15.8. The molecule has 1 atom stereocenters. The molecule has 0 heterocycles. The van der Waals surface area contributed by atoms with Gasteiger partial charge in [0.15, 0.2) is 0 Å². The topological polar surface area (TPSA) is 21.3 Å². The van der Waals surface area contributed by atoms with Crippen molar-refractivity contribution in [3.8, 4) is 5.75 Å². The van der Waals surface area contributed by atoms with E-state index in [0.29, 0.717) is 16.3 Å². The zero-order valence-electron chi connectivity index (χ0n) is 12.4. The minimum Gasteiger partial charge on any atom is -0.495 e. The summed E-state index contributed by atoms with van der Waals surface area (Å²) in [6.45, 7) is 4.60. The first-order valence-electron chi connectivity index (χ1n) is 6.89. The molecule has 1 N–H and O–H groups in total. The van der Waals surface area contributed by atoms with Crippen LogP contribution >= 0.6 is 11.6 Å². The van der Waals surface area contributed by atoms with Crippen molar-refractivity contribution in [2.24, 2.45) is 0 Å². The van der Waals surface area contributed by atoms with Gasteiger partial charge in [0, 0.05) is 0 Å². The maximum absolute atomic E-state index is 13.5. The third-order valence-corrected chi connectivity index (χ3v) is 3.74. The lowest BCUT2D eigenvalue weighted by Crippen LogP contribution is -2.22. The van der Waals surface area contributed by atoms with Crippen LogP contribution in [0.3, 0.4) is 0 Å². The van der Waals surface area contributed by atoms with Gasteiger partial charge in [-0.1, -0.05) is 36.7 Å². The van der Waals surface area contributed by atoms with E-state index in [2.05, 4.69) is 5.32 Å². The predicted octanol–water partition coefficient (Wildman–Crippen LogP) is 4.50. The fourth-order valence-corrected chi connectivity index (χ4v) is 2.53. The van der Waals surface area contributed by atoms with Gasteiger partial charge in [-0.2, -0.15) is 0 Å². The highest BCUT2D eigenvalue weighted by Gasteiger charge is 2.16. The summed E-state index contributed by atoms with van der Waals surface area (Å²) in [5.74, 6) is 0.443. The first-order valence-corrected chi connectivity index (χ1v) is 7.27. The minimum atomic E-state index is -0.192. The van der Waals surface area contributed by atoms with Gasteiger partial charge in [0.25, 0.3) is 0 Å². The highest BCUT2D eigenvalue weighted by Crippen LogP contribution is 2.31. The molecule has 0 radical (unpaired) electrons. The number of rotatable bonds is 5. The largest absolute Gasteiger partial charge is 0.495 e. The predicted molar refractivity (Wildman–Crippen MR) is 84.7 cm³/mol. The summed E-state index contributed by atoms with van der Waals surface area (Å²) in [7, 11) is 1.59. The number of hydrogen-bond donors (Lipinski definition) is 1. The molecule has 0 spiro atoms. The fraction of sp³-hybridized carbons (Fsp3) is 0.294. The van der Waals surface area contributed by atoms with Crippen molar-refractivity contribution in [1.82, 2.24) is 5.32 Å². The normalized spacial score (nSPS) is 12.2. The van der Waals surface area contributed by atoms with Crippen LogP contribution in [0.2, 0.25) is 5.02 Å². The molecule has 0 aromatic heterocycles. The maximum Gasteiger partial charge on any atom is 0.137 e. The van der Waals surface area contributed by atoms with Gasteiger partial charge in [0.05, 0.1) is 18.2 Å². The summed E-state index contributed by atoms with van der Waals surface area (Å²) in [4.78, 5) is 0.